The third kappa shape index (κ3) is 2.61. The molecule has 0 saturated heterocycles. The SMILES string of the molecule is CCC(C)(C)C(=O)OC12CC3CC(O)(CC(O)(C3)C1C(C)(C)C)C2. The van der Waals surface area contributed by atoms with E-state index in [0.717, 1.165) is 12.8 Å². The van der Waals surface area contributed by atoms with Crippen LogP contribution in [0.4, 0.5) is 0 Å². The molecule has 0 amide bonds. The van der Waals surface area contributed by atoms with Gasteiger partial charge >= 0.3 is 5.97 Å². The van der Waals surface area contributed by atoms with Crippen molar-refractivity contribution in [3.63, 3.8) is 0 Å². The molecule has 4 fully saturated rings. The molecule has 4 saturated carbocycles. The molecule has 0 aromatic rings. The van der Waals surface area contributed by atoms with Crippen LogP contribution in [0, 0.1) is 22.7 Å². The second-order valence-electron chi connectivity index (χ2n) is 10.7. The summed E-state index contributed by atoms with van der Waals surface area (Å²) in [5.74, 6) is -0.113. The molecule has 4 nitrogen and oxygen atoms in total. The molecule has 4 heteroatoms. The molecule has 0 aromatic carbocycles. The topological polar surface area (TPSA) is 66.8 Å². The number of rotatable bonds is 3. The number of carbonyl (C=O) groups excluding carboxylic acids is 1. The van der Waals surface area contributed by atoms with Gasteiger partial charge < -0.3 is 14.9 Å². The highest BCUT2D eigenvalue weighted by molar-refractivity contribution is 5.76. The lowest BCUT2D eigenvalue weighted by molar-refractivity contribution is -0.313. The smallest absolute Gasteiger partial charge is 0.312 e. The highest BCUT2D eigenvalue weighted by Crippen LogP contribution is 2.66. The Bertz CT molecular complexity index is 548. The van der Waals surface area contributed by atoms with Gasteiger partial charge in [0.15, 0.2) is 0 Å². The van der Waals surface area contributed by atoms with Crippen molar-refractivity contribution in [1.29, 1.82) is 0 Å². The highest BCUT2D eigenvalue weighted by Gasteiger charge is 2.72. The van der Waals surface area contributed by atoms with Gasteiger partial charge in [-0.3, -0.25) is 4.79 Å². The van der Waals surface area contributed by atoms with Gasteiger partial charge in [0.2, 0.25) is 0 Å². The second kappa shape index (κ2) is 4.97. The Hall–Kier alpha value is -0.610. The first-order valence-electron chi connectivity index (χ1n) is 9.44. The lowest BCUT2D eigenvalue weighted by Gasteiger charge is -2.68. The maximum absolute atomic E-state index is 12.9. The van der Waals surface area contributed by atoms with Crippen LogP contribution in [0.5, 0.6) is 0 Å². The zero-order chi connectivity index (χ0) is 18.2. The van der Waals surface area contributed by atoms with Crippen LogP contribution in [-0.2, 0) is 9.53 Å². The second-order valence-corrected chi connectivity index (χ2v) is 10.7. The molecule has 0 radical (unpaired) electrons. The van der Waals surface area contributed by atoms with E-state index in [1.165, 1.54) is 0 Å². The summed E-state index contributed by atoms with van der Waals surface area (Å²) in [6.07, 6.45) is 3.79. The van der Waals surface area contributed by atoms with Crippen LogP contribution >= 0.6 is 0 Å². The average Bonchev–Trinajstić information content (AvgIpc) is 2.31. The summed E-state index contributed by atoms with van der Waals surface area (Å²) in [7, 11) is 0. The van der Waals surface area contributed by atoms with Crippen molar-refractivity contribution in [1.82, 2.24) is 0 Å². The van der Waals surface area contributed by atoms with Crippen molar-refractivity contribution in [2.24, 2.45) is 22.7 Å². The first kappa shape index (κ1) is 18.2. The quantitative estimate of drug-likeness (QED) is 0.774. The van der Waals surface area contributed by atoms with Crippen molar-refractivity contribution in [2.75, 3.05) is 0 Å². The molecule has 24 heavy (non-hydrogen) atoms. The monoisotopic (exact) mass is 338 g/mol. The van der Waals surface area contributed by atoms with Gasteiger partial charge in [-0.25, -0.2) is 0 Å². The fourth-order valence-corrected chi connectivity index (χ4v) is 6.35. The van der Waals surface area contributed by atoms with Crippen molar-refractivity contribution in [3.8, 4) is 0 Å². The number of hydrogen-bond donors (Lipinski definition) is 2. The number of hydrogen-bond acceptors (Lipinski definition) is 4. The Labute approximate surface area is 146 Å². The van der Waals surface area contributed by atoms with Gasteiger partial charge in [-0.15, -0.1) is 0 Å². The molecule has 0 aliphatic heterocycles. The highest BCUT2D eigenvalue weighted by atomic mass is 16.6. The van der Waals surface area contributed by atoms with E-state index in [1.807, 2.05) is 20.8 Å². The van der Waals surface area contributed by atoms with E-state index in [-0.39, 0.29) is 23.2 Å². The van der Waals surface area contributed by atoms with E-state index < -0.39 is 22.2 Å². The van der Waals surface area contributed by atoms with E-state index in [4.69, 9.17) is 4.74 Å². The average molecular weight is 338 g/mol. The lowest BCUT2D eigenvalue weighted by atomic mass is 9.42. The minimum absolute atomic E-state index is 0.147. The molecule has 2 N–H and O–H groups in total. The van der Waals surface area contributed by atoms with E-state index in [1.54, 1.807) is 0 Å². The van der Waals surface area contributed by atoms with Gasteiger partial charge in [-0.2, -0.15) is 0 Å². The van der Waals surface area contributed by atoms with Crippen LogP contribution in [0.2, 0.25) is 0 Å². The van der Waals surface area contributed by atoms with Gasteiger partial charge in [0.25, 0.3) is 0 Å². The number of ether oxygens (including phenoxy) is 1. The molecular weight excluding hydrogens is 304 g/mol. The Kier molecular flexibility index (Phi) is 3.77. The fraction of sp³-hybridized carbons (Fsp3) is 0.950. The van der Waals surface area contributed by atoms with Crippen LogP contribution in [-0.4, -0.2) is 33.0 Å². The van der Waals surface area contributed by atoms with E-state index in [9.17, 15) is 15.0 Å². The molecule has 5 atom stereocenters. The van der Waals surface area contributed by atoms with Crippen LogP contribution in [0.3, 0.4) is 0 Å². The standard InChI is InChI=1S/C20H34O4/c1-7-17(5,6)15(21)24-20-10-13-8-18(22,12-20)11-19(23,9-13)14(20)16(2,3)4/h13-14,22-23H,7-12H2,1-6H3. The van der Waals surface area contributed by atoms with E-state index >= 15 is 0 Å². The van der Waals surface area contributed by atoms with Gasteiger partial charge in [0.1, 0.15) is 5.60 Å². The minimum atomic E-state index is -0.941. The van der Waals surface area contributed by atoms with Crippen molar-refractivity contribution in [2.45, 2.75) is 96.9 Å². The Balaban J connectivity index is 2.03. The summed E-state index contributed by atoms with van der Waals surface area (Å²) in [5.41, 5.74) is -3.33. The van der Waals surface area contributed by atoms with Crippen LogP contribution in [0.25, 0.3) is 0 Å². The molecule has 4 aliphatic carbocycles. The van der Waals surface area contributed by atoms with Crippen LogP contribution < -0.4 is 0 Å². The summed E-state index contributed by atoms with van der Waals surface area (Å²) in [6.45, 7) is 12.1. The van der Waals surface area contributed by atoms with Crippen molar-refractivity contribution < 1.29 is 19.7 Å². The Morgan fingerprint density at radius 1 is 1.08 bits per heavy atom. The fourth-order valence-electron chi connectivity index (χ4n) is 6.35. The first-order chi connectivity index (χ1) is 10.8. The molecule has 4 bridgehead atoms. The molecule has 5 unspecified atom stereocenters. The zero-order valence-corrected chi connectivity index (χ0v) is 16.1. The molecule has 138 valence electrons. The summed E-state index contributed by atoms with van der Waals surface area (Å²) in [6, 6.07) is 0. The third-order valence-corrected chi connectivity index (χ3v) is 6.87. The first-order valence-corrected chi connectivity index (χ1v) is 9.44. The summed E-state index contributed by atoms with van der Waals surface area (Å²) in [5, 5.41) is 22.5. The maximum atomic E-state index is 12.9. The third-order valence-electron chi connectivity index (χ3n) is 6.87. The summed E-state index contributed by atoms with van der Waals surface area (Å²) in [4.78, 5) is 12.9. The Morgan fingerprint density at radius 3 is 2.21 bits per heavy atom. The number of esters is 1. The van der Waals surface area contributed by atoms with Gasteiger partial charge in [0.05, 0.1) is 16.6 Å². The predicted octanol–water partition coefficient (Wildman–Crippen LogP) is 3.44. The summed E-state index contributed by atoms with van der Waals surface area (Å²) >= 11 is 0. The molecule has 0 heterocycles. The number of aliphatic hydroxyl groups is 2. The molecule has 4 aliphatic rings. The Morgan fingerprint density at radius 2 is 1.71 bits per heavy atom. The zero-order valence-electron chi connectivity index (χ0n) is 16.1. The van der Waals surface area contributed by atoms with Gasteiger partial charge in [-0.1, -0.05) is 27.7 Å². The lowest BCUT2D eigenvalue weighted by Crippen LogP contribution is -2.74. The predicted molar refractivity (Wildman–Crippen MR) is 92.3 cm³/mol. The van der Waals surface area contributed by atoms with Crippen LogP contribution in [0.15, 0.2) is 0 Å². The van der Waals surface area contributed by atoms with E-state index in [2.05, 4.69) is 20.8 Å². The number of carbonyl (C=O) groups is 1. The maximum Gasteiger partial charge on any atom is 0.312 e. The van der Waals surface area contributed by atoms with Crippen molar-refractivity contribution in [3.05, 3.63) is 0 Å². The minimum Gasteiger partial charge on any atom is -0.458 e. The molecule has 0 spiro atoms. The normalized spacial score (nSPS) is 44.7. The van der Waals surface area contributed by atoms with Crippen LogP contribution in [0.1, 0.15) is 80.1 Å². The molecule has 4 rings (SSSR count). The molecular formula is C20H34O4. The van der Waals surface area contributed by atoms with Crippen molar-refractivity contribution >= 4 is 5.97 Å². The van der Waals surface area contributed by atoms with Gasteiger partial charge in [-0.05, 0) is 50.9 Å². The van der Waals surface area contributed by atoms with Gasteiger partial charge in [0, 0.05) is 18.8 Å². The molecule has 0 aromatic heterocycles. The van der Waals surface area contributed by atoms with E-state index in [0.29, 0.717) is 25.7 Å². The summed E-state index contributed by atoms with van der Waals surface area (Å²) < 4.78 is 6.22. The largest absolute Gasteiger partial charge is 0.458 e.